The first kappa shape index (κ1) is 10.4. The molecule has 4 heteroatoms. The second kappa shape index (κ2) is 4.18. The summed E-state index contributed by atoms with van der Waals surface area (Å²) in [6, 6.07) is 6.95. The van der Waals surface area contributed by atoms with E-state index in [1.54, 1.807) is 30.7 Å². The molecule has 0 radical (unpaired) electrons. The summed E-state index contributed by atoms with van der Waals surface area (Å²) in [5.74, 6) is -0.917. The van der Waals surface area contributed by atoms with Crippen LogP contribution in [0.15, 0.2) is 36.8 Å². The van der Waals surface area contributed by atoms with Gasteiger partial charge in [0.1, 0.15) is 0 Å². The molecule has 1 heterocycles. The van der Waals surface area contributed by atoms with Crippen molar-refractivity contribution in [2.75, 3.05) is 0 Å². The quantitative estimate of drug-likeness (QED) is 0.856. The van der Waals surface area contributed by atoms with E-state index < -0.39 is 5.97 Å². The zero-order valence-electron chi connectivity index (χ0n) is 8.92. The highest BCUT2D eigenvalue weighted by molar-refractivity contribution is 5.95. The van der Waals surface area contributed by atoms with Gasteiger partial charge in [-0.3, -0.25) is 0 Å². The summed E-state index contributed by atoms with van der Waals surface area (Å²) in [7, 11) is 0. The number of nitrogens with zero attached hydrogens (tertiary/aromatic N) is 2. The molecule has 2 rings (SSSR count). The van der Waals surface area contributed by atoms with Crippen molar-refractivity contribution in [3.05, 3.63) is 42.4 Å². The summed E-state index contributed by atoms with van der Waals surface area (Å²) in [5, 5.41) is 9.10. The number of benzene rings is 1. The van der Waals surface area contributed by atoms with E-state index in [9.17, 15) is 4.79 Å². The first-order chi connectivity index (χ1) is 7.74. The average Bonchev–Trinajstić information content (AvgIpc) is 2.76. The summed E-state index contributed by atoms with van der Waals surface area (Å²) in [5.41, 5.74) is 1.84. The van der Waals surface area contributed by atoms with Crippen molar-refractivity contribution in [2.24, 2.45) is 0 Å². The molecule has 0 aliphatic rings. The molecule has 0 saturated heterocycles. The summed E-state index contributed by atoms with van der Waals surface area (Å²) in [6.45, 7) is 2.76. The molecule has 0 spiro atoms. The minimum absolute atomic E-state index is 0.303. The van der Waals surface area contributed by atoms with Gasteiger partial charge in [-0.1, -0.05) is 18.2 Å². The molecule has 0 fully saturated rings. The van der Waals surface area contributed by atoms with Crippen LogP contribution in [0.5, 0.6) is 0 Å². The Kier molecular flexibility index (Phi) is 2.72. The van der Waals surface area contributed by atoms with Crippen LogP contribution in [-0.4, -0.2) is 20.6 Å². The summed E-state index contributed by atoms with van der Waals surface area (Å²) < 4.78 is 1.92. The topological polar surface area (TPSA) is 55.1 Å². The molecule has 1 aromatic carbocycles. The van der Waals surface area contributed by atoms with Crippen LogP contribution in [0.3, 0.4) is 0 Å². The van der Waals surface area contributed by atoms with Crippen molar-refractivity contribution in [2.45, 2.75) is 13.5 Å². The molecule has 0 saturated carbocycles. The zero-order valence-corrected chi connectivity index (χ0v) is 8.92. The number of carboxylic acids is 1. The number of carboxylic acid groups (broad SMARTS) is 1. The predicted molar refractivity (Wildman–Crippen MR) is 60.3 cm³/mol. The summed E-state index contributed by atoms with van der Waals surface area (Å²) in [6.07, 6.45) is 3.39. The van der Waals surface area contributed by atoms with E-state index in [0.29, 0.717) is 11.1 Å². The van der Waals surface area contributed by atoms with Crippen LogP contribution in [0, 0.1) is 0 Å². The van der Waals surface area contributed by atoms with Crippen molar-refractivity contribution in [3.63, 3.8) is 0 Å². The van der Waals surface area contributed by atoms with Gasteiger partial charge >= 0.3 is 5.97 Å². The Labute approximate surface area is 93.2 Å². The lowest BCUT2D eigenvalue weighted by Crippen LogP contribution is -2.02. The second-order valence-corrected chi connectivity index (χ2v) is 3.42. The highest BCUT2D eigenvalue weighted by Gasteiger charge is 2.13. The Bertz CT molecular complexity index is 517. The third-order valence-electron chi connectivity index (χ3n) is 2.49. The number of rotatable bonds is 3. The molecule has 0 aliphatic carbocycles. The maximum atomic E-state index is 11.1. The number of aromatic nitrogens is 2. The highest BCUT2D eigenvalue weighted by atomic mass is 16.4. The molecule has 1 aromatic heterocycles. The van der Waals surface area contributed by atoms with E-state index in [0.717, 1.165) is 12.2 Å². The van der Waals surface area contributed by atoms with E-state index in [1.807, 2.05) is 17.6 Å². The number of hydrogen-bond donors (Lipinski definition) is 1. The van der Waals surface area contributed by atoms with Crippen molar-refractivity contribution in [3.8, 4) is 11.3 Å². The van der Waals surface area contributed by atoms with Crippen LogP contribution < -0.4 is 0 Å². The molecule has 16 heavy (non-hydrogen) atoms. The SMILES string of the molecule is CCn1cncc1-c1ccccc1C(=O)O. The maximum absolute atomic E-state index is 11.1. The normalized spacial score (nSPS) is 10.3. The number of aromatic carboxylic acids is 1. The van der Waals surface area contributed by atoms with Crippen LogP contribution in [0.1, 0.15) is 17.3 Å². The standard InChI is InChI=1S/C12H12N2O2/c1-2-14-8-13-7-11(14)9-5-3-4-6-10(9)12(15)16/h3-8H,2H2,1H3,(H,15,16). The van der Waals surface area contributed by atoms with Gasteiger partial charge in [0.05, 0.1) is 23.8 Å². The fourth-order valence-corrected chi connectivity index (χ4v) is 1.69. The minimum Gasteiger partial charge on any atom is -0.478 e. The van der Waals surface area contributed by atoms with Gasteiger partial charge in [0.2, 0.25) is 0 Å². The number of hydrogen-bond acceptors (Lipinski definition) is 2. The molecule has 1 N–H and O–H groups in total. The molecule has 0 amide bonds. The largest absolute Gasteiger partial charge is 0.478 e. The first-order valence-corrected chi connectivity index (χ1v) is 5.07. The lowest BCUT2D eigenvalue weighted by Gasteiger charge is -2.07. The predicted octanol–water partition coefficient (Wildman–Crippen LogP) is 2.27. The Hall–Kier alpha value is -2.10. The minimum atomic E-state index is -0.917. The monoisotopic (exact) mass is 216 g/mol. The van der Waals surface area contributed by atoms with E-state index in [-0.39, 0.29) is 0 Å². The van der Waals surface area contributed by atoms with Crippen LogP contribution >= 0.6 is 0 Å². The molecular weight excluding hydrogens is 204 g/mol. The fourth-order valence-electron chi connectivity index (χ4n) is 1.69. The van der Waals surface area contributed by atoms with Gasteiger partial charge in [0.25, 0.3) is 0 Å². The third-order valence-corrected chi connectivity index (χ3v) is 2.49. The number of carbonyl (C=O) groups is 1. The van der Waals surface area contributed by atoms with Crippen molar-refractivity contribution in [1.29, 1.82) is 0 Å². The van der Waals surface area contributed by atoms with Gasteiger partial charge in [-0.2, -0.15) is 0 Å². The average molecular weight is 216 g/mol. The van der Waals surface area contributed by atoms with Gasteiger partial charge in [-0.15, -0.1) is 0 Å². The molecule has 0 unspecified atom stereocenters. The number of imidazole rings is 1. The number of aryl methyl sites for hydroxylation is 1. The smallest absolute Gasteiger partial charge is 0.336 e. The van der Waals surface area contributed by atoms with Crippen LogP contribution in [-0.2, 0) is 6.54 Å². The summed E-state index contributed by atoms with van der Waals surface area (Å²) >= 11 is 0. The zero-order chi connectivity index (χ0) is 11.5. The van der Waals surface area contributed by atoms with Crippen molar-refractivity contribution in [1.82, 2.24) is 9.55 Å². The molecular formula is C12H12N2O2. The molecule has 2 aromatic rings. The lowest BCUT2D eigenvalue weighted by atomic mass is 10.1. The fraction of sp³-hybridized carbons (Fsp3) is 0.167. The molecule has 0 bridgehead atoms. The van der Waals surface area contributed by atoms with Crippen molar-refractivity contribution >= 4 is 5.97 Å². The van der Waals surface area contributed by atoms with Crippen LogP contribution in [0.4, 0.5) is 0 Å². The Morgan fingerprint density at radius 3 is 2.88 bits per heavy atom. The molecule has 0 aliphatic heterocycles. The van der Waals surface area contributed by atoms with E-state index >= 15 is 0 Å². The van der Waals surface area contributed by atoms with Gasteiger partial charge in [0.15, 0.2) is 0 Å². The van der Waals surface area contributed by atoms with Gasteiger partial charge in [-0.05, 0) is 13.0 Å². The molecule has 82 valence electrons. The van der Waals surface area contributed by atoms with E-state index in [4.69, 9.17) is 5.11 Å². The second-order valence-electron chi connectivity index (χ2n) is 3.42. The Morgan fingerprint density at radius 1 is 1.44 bits per heavy atom. The van der Waals surface area contributed by atoms with Gasteiger partial charge in [-0.25, -0.2) is 9.78 Å². The third kappa shape index (κ3) is 1.69. The Morgan fingerprint density at radius 2 is 2.19 bits per heavy atom. The van der Waals surface area contributed by atoms with Gasteiger partial charge < -0.3 is 9.67 Å². The summed E-state index contributed by atoms with van der Waals surface area (Å²) in [4.78, 5) is 15.1. The van der Waals surface area contributed by atoms with Crippen LogP contribution in [0.25, 0.3) is 11.3 Å². The van der Waals surface area contributed by atoms with Gasteiger partial charge in [0, 0.05) is 12.1 Å². The molecule has 4 nitrogen and oxygen atoms in total. The van der Waals surface area contributed by atoms with E-state index in [2.05, 4.69) is 4.98 Å². The maximum Gasteiger partial charge on any atom is 0.336 e. The first-order valence-electron chi connectivity index (χ1n) is 5.07. The van der Waals surface area contributed by atoms with E-state index in [1.165, 1.54) is 0 Å². The van der Waals surface area contributed by atoms with Crippen molar-refractivity contribution < 1.29 is 9.90 Å². The van der Waals surface area contributed by atoms with Crippen LogP contribution in [0.2, 0.25) is 0 Å². The molecule has 0 atom stereocenters. The Balaban J connectivity index is 2.60. The highest BCUT2D eigenvalue weighted by Crippen LogP contribution is 2.23. The lowest BCUT2D eigenvalue weighted by molar-refractivity contribution is 0.0697.